The Labute approximate surface area is 103 Å². The zero-order chi connectivity index (χ0) is 12.3. The van der Waals surface area contributed by atoms with Gasteiger partial charge in [-0.3, -0.25) is 0 Å². The van der Waals surface area contributed by atoms with Crippen molar-refractivity contribution in [1.29, 1.82) is 0 Å². The molecule has 1 aliphatic heterocycles. The van der Waals surface area contributed by atoms with Crippen molar-refractivity contribution >= 4 is 17.7 Å². The van der Waals surface area contributed by atoms with E-state index in [-0.39, 0.29) is 10.9 Å². The Morgan fingerprint density at radius 2 is 2.24 bits per heavy atom. The molecular weight excluding hydrogens is 249 g/mol. The molecule has 0 saturated carbocycles. The van der Waals surface area contributed by atoms with E-state index in [0.29, 0.717) is 26.2 Å². The summed E-state index contributed by atoms with van der Waals surface area (Å²) in [7, 11) is 0. The van der Waals surface area contributed by atoms with E-state index >= 15 is 0 Å². The van der Waals surface area contributed by atoms with Crippen molar-refractivity contribution < 1.29 is 13.9 Å². The molecule has 1 saturated heterocycles. The van der Waals surface area contributed by atoms with Crippen molar-refractivity contribution in [1.82, 2.24) is 15.2 Å². The number of carbonyl (C=O) groups is 1. The van der Waals surface area contributed by atoms with Crippen molar-refractivity contribution in [3.63, 3.8) is 0 Å². The van der Waals surface area contributed by atoms with Gasteiger partial charge in [0.05, 0.1) is 6.20 Å². The monoisotopic (exact) mass is 259 g/mol. The first kappa shape index (κ1) is 12.1. The maximum atomic E-state index is 13.3. The summed E-state index contributed by atoms with van der Waals surface area (Å²) < 4.78 is 18.2. The van der Waals surface area contributed by atoms with Crippen molar-refractivity contribution in [3.05, 3.63) is 23.2 Å². The molecule has 17 heavy (non-hydrogen) atoms. The molecule has 1 N–H and O–H groups in total. The fourth-order valence-electron chi connectivity index (χ4n) is 1.48. The van der Waals surface area contributed by atoms with Crippen LogP contribution in [0.15, 0.2) is 12.3 Å². The Morgan fingerprint density at radius 3 is 2.94 bits per heavy atom. The number of carbonyl (C=O) groups excluding carboxylic acids is 1. The topological polar surface area (TPSA) is 54.5 Å². The summed E-state index contributed by atoms with van der Waals surface area (Å²) in [6.07, 6.45) is 0.343. The molecule has 0 atom stereocenters. The number of pyridine rings is 1. The van der Waals surface area contributed by atoms with Crippen molar-refractivity contribution in [2.75, 3.05) is 26.2 Å². The van der Waals surface area contributed by atoms with Crippen LogP contribution in [0.25, 0.3) is 0 Å². The van der Waals surface area contributed by atoms with Crippen LogP contribution in [0.4, 0.5) is 9.18 Å². The molecule has 0 spiro atoms. The van der Waals surface area contributed by atoms with Crippen LogP contribution in [0.2, 0.25) is 5.15 Å². The average molecular weight is 260 g/mol. The number of hydrogen-bond acceptors (Lipinski definition) is 4. The van der Waals surface area contributed by atoms with Crippen LogP contribution in [-0.4, -0.2) is 42.2 Å². The minimum atomic E-state index is -0.710. The quantitative estimate of drug-likeness (QED) is 0.772. The van der Waals surface area contributed by atoms with E-state index in [1.54, 1.807) is 0 Å². The molecule has 1 amide bonds. The summed E-state index contributed by atoms with van der Waals surface area (Å²) in [6.45, 7) is 2.49. The Kier molecular flexibility index (Phi) is 3.75. The first-order chi connectivity index (χ1) is 8.16. The van der Waals surface area contributed by atoms with E-state index in [1.165, 1.54) is 11.0 Å². The lowest BCUT2D eigenvalue weighted by atomic mass is 10.4. The van der Waals surface area contributed by atoms with Gasteiger partial charge in [-0.2, -0.15) is 0 Å². The summed E-state index contributed by atoms with van der Waals surface area (Å²) in [6, 6.07) is 1.18. The molecule has 0 bridgehead atoms. The smallest absolute Gasteiger partial charge is 0.407 e. The highest BCUT2D eigenvalue weighted by Crippen LogP contribution is 2.20. The van der Waals surface area contributed by atoms with E-state index in [0.717, 1.165) is 6.20 Å². The molecule has 5 nitrogen and oxygen atoms in total. The van der Waals surface area contributed by atoms with Gasteiger partial charge in [-0.15, -0.1) is 0 Å². The molecule has 1 fully saturated rings. The summed E-state index contributed by atoms with van der Waals surface area (Å²) in [5, 5.41) is 3.18. The first-order valence-electron chi connectivity index (χ1n) is 5.15. The number of halogens is 2. The minimum absolute atomic E-state index is 0.0783. The molecule has 2 rings (SSSR count). The van der Waals surface area contributed by atoms with Gasteiger partial charge < -0.3 is 15.0 Å². The fourth-order valence-corrected chi connectivity index (χ4v) is 1.63. The number of ether oxygens (including phenoxy) is 1. The molecule has 0 aliphatic carbocycles. The highest BCUT2D eigenvalue weighted by molar-refractivity contribution is 6.29. The Hall–Kier alpha value is -1.40. The summed E-state index contributed by atoms with van der Waals surface area (Å²) in [4.78, 5) is 16.7. The summed E-state index contributed by atoms with van der Waals surface area (Å²) in [5.41, 5.74) is 0. The van der Waals surface area contributed by atoms with Crippen LogP contribution < -0.4 is 10.1 Å². The number of nitrogens with zero attached hydrogens (tertiary/aromatic N) is 2. The lowest BCUT2D eigenvalue weighted by Gasteiger charge is -2.26. The largest absolute Gasteiger partial charge is 0.415 e. The van der Waals surface area contributed by atoms with Gasteiger partial charge in [-0.1, -0.05) is 11.6 Å². The molecule has 1 aromatic rings. The van der Waals surface area contributed by atoms with Gasteiger partial charge >= 0.3 is 6.09 Å². The van der Waals surface area contributed by atoms with Gasteiger partial charge in [0.15, 0.2) is 11.6 Å². The average Bonchev–Trinajstić information content (AvgIpc) is 2.35. The fraction of sp³-hybridized carbons (Fsp3) is 0.400. The number of piperazine rings is 1. The van der Waals surface area contributed by atoms with E-state index in [2.05, 4.69) is 10.3 Å². The van der Waals surface area contributed by atoms with Gasteiger partial charge in [0.2, 0.25) is 0 Å². The molecule has 1 aliphatic rings. The van der Waals surface area contributed by atoms with Crippen LogP contribution in [-0.2, 0) is 0 Å². The van der Waals surface area contributed by atoms with Gasteiger partial charge in [0, 0.05) is 32.2 Å². The molecule has 1 aromatic heterocycles. The zero-order valence-electron chi connectivity index (χ0n) is 8.95. The molecule has 2 heterocycles. The zero-order valence-corrected chi connectivity index (χ0v) is 9.71. The number of hydrogen-bond donors (Lipinski definition) is 1. The SMILES string of the molecule is O=C(Oc1cc(Cl)ncc1F)N1CCNCC1. The number of amides is 1. The minimum Gasteiger partial charge on any atom is -0.407 e. The van der Waals surface area contributed by atoms with Crippen LogP contribution in [0, 0.1) is 5.82 Å². The third kappa shape index (κ3) is 3.04. The lowest BCUT2D eigenvalue weighted by molar-refractivity contribution is 0.144. The lowest BCUT2D eigenvalue weighted by Crippen LogP contribution is -2.47. The van der Waals surface area contributed by atoms with Crippen LogP contribution in [0.3, 0.4) is 0 Å². The van der Waals surface area contributed by atoms with Crippen LogP contribution in [0.5, 0.6) is 5.75 Å². The van der Waals surface area contributed by atoms with Crippen LogP contribution in [0.1, 0.15) is 0 Å². The molecule has 92 valence electrons. The van der Waals surface area contributed by atoms with E-state index < -0.39 is 11.9 Å². The second kappa shape index (κ2) is 5.29. The van der Waals surface area contributed by atoms with Crippen molar-refractivity contribution in [2.45, 2.75) is 0 Å². The standard InChI is InChI=1S/C10H11ClFN3O2/c11-9-5-8(7(12)6-14-9)17-10(16)15-3-1-13-2-4-15/h5-6,13H,1-4H2. The highest BCUT2D eigenvalue weighted by Gasteiger charge is 2.19. The van der Waals surface area contributed by atoms with E-state index in [1.807, 2.05) is 0 Å². The maximum Gasteiger partial charge on any atom is 0.415 e. The maximum absolute atomic E-state index is 13.3. The normalized spacial score (nSPS) is 15.8. The first-order valence-corrected chi connectivity index (χ1v) is 5.53. The number of nitrogens with one attached hydrogen (secondary N) is 1. The van der Waals surface area contributed by atoms with Crippen LogP contribution >= 0.6 is 11.6 Å². The van der Waals surface area contributed by atoms with Crippen molar-refractivity contribution in [3.8, 4) is 5.75 Å². The Bertz CT molecular complexity index is 424. The molecule has 0 unspecified atom stereocenters. The molecule has 0 aromatic carbocycles. The summed E-state index contributed by atoms with van der Waals surface area (Å²) >= 11 is 5.59. The third-order valence-electron chi connectivity index (χ3n) is 2.36. The van der Waals surface area contributed by atoms with Gasteiger partial charge in [-0.25, -0.2) is 14.2 Å². The second-order valence-electron chi connectivity index (χ2n) is 3.54. The predicted molar refractivity (Wildman–Crippen MR) is 59.7 cm³/mol. The second-order valence-corrected chi connectivity index (χ2v) is 3.93. The number of rotatable bonds is 1. The third-order valence-corrected chi connectivity index (χ3v) is 2.57. The molecule has 7 heteroatoms. The Morgan fingerprint density at radius 1 is 1.53 bits per heavy atom. The van der Waals surface area contributed by atoms with Gasteiger partial charge in [-0.05, 0) is 0 Å². The van der Waals surface area contributed by atoms with Gasteiger partial charge in [0.25, 0.3) is 0 Å². The predicted octanol–water partition coefficient (Wildman–Crippen LogP) is 1.28. The van der Waals surface area contributed by atoms with E-state index in [4.69, 9.17) is 16.3 Å². The highest BCUT2D eigenvalue weighted by atomic mass is 35.5. The Balaban J connectivity index is 2.04. The van der Waals surface area contributed by atoms with E-state index in [9.17, 15) is 9.18 Å². The van der Waals surface area contributed by atoms with Crippen molar-refractivity contribution in [2.24, 2.45) is 0 Å². The molecular formula is C10H11ClFN3O2. The molecule has 0 radical (unpaired) electrons. The number of aromatic nitrogens is 1. The van der Waals surface area contributed by atoms with Gasteiger partial charge in [0.1, 0.15) is 5.15 Å². The summed E-state index contributed by atoms with van der Waals surface area (Å²) in [5.74, 6) is -0.911.